The van der Waals surface area contributed by atoms with Gasteiger partial charge in [0.15, 0.2) is 0 Å². The normalized spacial score (nSPS) is 46.9. The summed E-state index contributed by atoms with van der Waals surface area (Å²) in [7, 11) is 1.73. The lowest BCUT2D eigenvalue weighted by molar-refractivity contribution is -0.191. The molecule has 0 N–H and O–H groups in total. The lowest BCUT2D eigenvalue weighted by Crippen LogP contribution is -2.40. The largest absolute Gasteiger partial charge is 0.348 e. The topological polar surface area (TPSA) is 21.5 Å². The third-order valence-corrected chi connectivity index (χ3v) is 3.64. The molecule has 0 aromatic heterocycles. The maximum absolute atomic E-state index is 5.89. The summed E-state index contributed by atoms with van der Waals surface area (Å²) in [6.45, 7) is 8.34. The molecule has 0 amide bonds. The molecule has 15 heavy (non-hydrogen) atoms. The number of hydrogen-bond donors (Lipinski definition) is 0. The molecule has 0 saturated carbocycles. The predicted octanol–water partition coefficient (Wildman–Crippen LogP) is 1.79. The second-order valence-electron chi connectivity index (χ2n) is 4.52. The van der Waals surface area contributed by atoms with Gasteiger partial charge >= 0.3 is 0 Å². The van der Waals surface area contributed by atoms with E-state index in [4.69, 9.17) is 9.47 Å². The fraction of sp³-hybridized carbons (Fsp3) is 0.833. The highest BCUT2D eigenvalue weighted by Gasteiger charge is 2.70. The fourth-order valence-corrected chi connectivity index (χ4v) is 2.81. The van der Waals surface area contributed by atoms with Crippen LogP contribution in [0.1, 0.15) is 27.2 Å². The van der Waals surface area contributed by atoms with Crippen molar-refractivity contribution in [2.24, 2.45) is 0 Å². The van der Waals surface area contributed by atoms with Gasteiger partial charge in [0.2, 0.25) is 5.79 Å². The van der Waals surface area contributed by atoms with E-state index in [0.29, 0.717) is 6.04 Å². The molecule has 1 aliphatic heterocycles. The van der Waals surface area contributed by atoms with Crippen LogP contribution in [-0.2, 0) is 9.47 Å². The van der Waals surface area contributed by atoms with Crippen LogP contribution in [-0.4, -0.2) is 42.5 Å². The molecule has 1 saturated heterocycles. The lowest BCUT2D eigenvalue weighted by Gasteiger charge is -2.28. The Morgan fingerprint density at radius 2 is 2.07 bits per heavy atom. The van der Waals surface area contributed by atoms with Crippen LogP contribution >= 0.6 is 0 Å². The summed E-state index contributed by atoms with van der Waals surface area (Å²) in [5.74, 6) is -0.499. The minimum Gasteiger partial charge on any atom is -0.348 e. The monoisotopic (exact) mass is 211 g/mol. The van der Waals surface area contributed by atoms with E-state index in [9.17, 15) is 0 Å². The maximum Gasteiger partial charge on any atom is 0.205 e. The summed E-state index contributed by atoms with van der Waals surface area (Å²) in [6.07, 6.45) is 5.33. The molecule has 1 fully saturated rings. The number of ether oxygens (including phenoxy) is 2. The van der Waals surface area contributed by atoms with Gasteiger partial charge < -0.3 is 9.47 Å². The minimum atomic E-state index is -0.499. The van der Waals surface area contributed by atoms with Gasteiger partial charge in [-0.25, -0.2) is 0 Å². The molecule has 0 aromatic rings. The van der Waals surface area contributed by atoms with Crippen LogP contribution in [0.15, 0.2) is 12.2 Å². The van der Waals surface area contributed by atoms with E-state index in [-0.39, 0.29) is 5.54 Å². The first-order valence-corrected chi connectivity index (χ1v) is 5.81. The SMILES string of the molecule is CCCO[C@@]1(OC)C=C[C@@]2(C)[C@@H]1N2CC. The van der Waals surface area contributed by atoms with Crippen LogP contribution in [0.5, 0.6) is 0 Å². The first-order valence-electron chi connectivity index (χ1n) is 5.81. The van der Waals surface area contributed by atoms with E-state index in [1.54, 1.807) is 7.11 Å². The van der Waals surface area contributed by atoms with Crippen molar-refractivity contribution < 1.29 is 9.47 Å². The van der Waals surface area contributed by atoms with E-state index >= 15 is 0 Å². The molecule has 2 rings (SSSR count). The molecule has 0 bridgehead atoms. The van der Waals surface area contributed by atoms with Crippen LogP contribution in [0.4, 0.5) is 0 Å². The number of rotatable bonds is 5. The van der Waals surface area contributed by atoms with Crippen molar-refractivity contribution >= 4 is 0 Å². The summed E-state index contributed by atoms with van der Waals surface area (Å²) in [5, 5.41) is 0. The second-order valence-corrected chi connectivity index (χ2v) is 4.52. The van der Waals surface area contributed by atoms with Crippen LogP contribution in [0.25, 0.3) is 0 Å². The number of likely N-dealkylation sites (N-methyl/N-ethyl adjacent to an activating group) is 1. The molecule has 1 unspecified atom stereocenters. The van der Waals surface area contributed by atoms with Gasteiger partial charge in [0.05, 0.1) is 18.2 Å². The van der Waals surface area contributed by atoms with Gasteiger partial charge in [0, 0.05) is 7.11 Å². The molecular weight excluding hydrogens is 190 g/mol. The Morgan fingerprint density at radius 1 is 1.33 bits per heavy atom. The molecule has 0 radical (unpaired) electrons. The minimum absolute atomic E-state index is 0.165. The van der Waals surface area contributed by atoms with Gasteiger partial charge in [-0.15, -0.1) is 0 Å². The summed E-state index contributed by atoms with van der Waals surface area (Å²) in [6, 6.07) is 0.367. The van der Waals surface area contributed by atoms with Crippen molar-refractivity contribution in [3.8, 4) is 0 Å². The van der Waals surface area contributed by atoms with Gasteiger partial charge in [-0.2, -0.15) is 0 Å². The first kappa shape index (κ1) is 11.1. The Bertz CT molecular complexity index is 279. The number of nitrogens with zero attached hydrogens (tertiary/aromatic N) is 1. The van der Waals surface area contributed by atoms with E-state index in [1.165, 1.54) is 0 Å². The highest BCUT2D eigenvalue weighted by Crippen LogP contribution is 2.54. The van der Waals surface area contributed by atoms with Crippen molar-refractivity contribution in [3.63, 3.8) is 0 Å². The number of hydrogen-bond acceptors (Lipinski definition) is 3. The summed E-state index contributed by atoms with van der Waals surface area (Å²) >= 11 is 0. The van der Waals surface area contributed by atoms with Crippen LogP contribution in [0.3, 0.4) is 0 Å². The van der Waals surface area contributed by atoms with E-state index in [0.717, 1.165) is 19.6 Å². The Balaban J connectivity index is 2.13. The summed E-state index contributed by atoms with van der Waals surface area (Å²) in [4.78, 5) is 2.41. The second kappa shape index (κ2) is 3.58. The highest BCUT2D eigenvalue weighted by molar-refractivity contribution is 5.38. The molecule has 3 nitrogen and oxygen atoms in total. The third kappa shape index (κ3) is 1.37. The maximum atomic E-state index is 5.89. The van der Waals surface area contributed by atoms with Crippen LogP contribution in [0.2, 0.25) is 0 Å². The van der Waals surface area contributed by atoms with Crippen molar-refractivity contribution in [2.45, 2.75) is 44.6 Å². The zero-order chi connectivity index (χ0) is 11.1. The number of methoxy groups -OCH3 is 1. The van der Waals surface area contributed by atoms with Crippen molar-refractivity contribution in [3.05, 3.63) is 12.2 Å². The molecule has 86 valence electrons. The van der Waals surface area contributed by atoms with Gasteiger partial charge in [0.25, 0.3) is 0 Å². The zero-order valence-electron chi connectivity index (χ0n) is 10.1. The molecule has 4 atom stereocenters. The molecule has 1 aliphatic carbocycles. The average molecular weight is 211 g/mol. The predicted molar refractivity (Wildman–Crippen MR) is 59.7 cm³/mol. The van der Waals surface area contributed by atoms with E-state index in [1.807, 2.05) is 0 Å². The third-order valence-electron chi connectivity index (χ3n) is 3.64. The Morgan fingerprint density at radius 3 is 2.53 bits per heavy atom. The molecular formula is C12H21NO2. The van der Waals surface area contributed by atoms with Crippen molar-refractivity contribution in [1.82, 2.24) is 4.90 Å². The highest BCUT2D eigenvalue weighted by atomic mass is 16.7. The molecule has 1 heterocycles. The Kier molecular flexibility index (Phi) is 2.65. The quantitative estimate of drug-likeness (QED) is 0.393. The lowest BCUT2D eigenvalue weighted by atomic mass is 10.1. The smallest absolute Gasteiger partial charge is 0.205 e. The molecule has 3 heteroatoms. The fourth-order valence-electron chi connectivity index (χ4n) is 2.81. The van der Waals surface area contributed by atoms with Gasteiger partial charge in [-0.1, -0.05) is 19.9 Å². The van der Waals surface area contributed by atoms with Crippen LogP contribution < -0.4 is 0 Å². The standard InChI is InChI=1S/C12H21NO2/c1-5-9-15-12(14-4)8-7-11(3)10(12)13(11)6-2/h7-8,10H,5-6,9H2,1-4H3/t10-,11-,12-,13?/m0/s1. The van der Waals surface area contributed by atoms with E-state index < -0.39 is 5.79 Å². The summed E-state index contributed by atoms with van der Waals surface area (Å²) < 4.78 is 11.5. The van der Waals surface area contributed by atoms with Gasteiger partial charge in [0.1, 0.15) is 0 Å². The average Bonchev–Trinajstić information content (AvgIpc) is 2.75. The first-order chi connectivity index (χ1) is 7.14. The van der Waals surface area contributed by atoms with Gasteiger partial charge in [-0.05, 0) is 26.0 Å². The molecule has 0 spiro atoms. The van der Waals surface area contributed by atoms with Crippen LogP contribution in [0, 0.1) is 0 Å². The van der Waals surface area contributed by atoms with Crippen molar-refractivity contribution in [2.75, 3.05) is 20.3 Å². The Labute approximate surface area is 92.0 Å². The summed E-state index contributed by atoms with van der Waals surface area (Å²) in [5.41, 5.74) is 0.165. The molecule has 2 aliphatic rings. The van der Waals surface area contributed by atoms with Crippen molar-refractivity contribution in [1.29, 1.82) is 0 Å². The number of fused-ring (bicyclic) bond motifs is 1. The van der Waals surface area contributed by atoms with E-state index in [2.05, 4.69) is 37.8 Å². The molecule has 0 aromatic carbocycles. The Hall–Kier alpha value is -0.380. The zero-order valence-corrected chi connectivity index (χ0v) is 10.1. The van der Waals surface area contributed by atoms with Gasteiger partial charge in [-0.3, -0.25) is 4.90 Å².